The molecule has 0 bridgehead atoms. The number of aryl methyl sites for hydroxylation is 1. The van der Waals surface area contributed by atoms with Gasteiger partial charge < -0.3 is 33.9 Å². The first-order chi connectivity index (χ1) is 22.6. The van der Waals surface area contributed by atoms with Crippen LogP contribution in [0, 0.1) is 0 Å². The van der Waals surface area contributed by atoms with Gasteiger partial charge >= 0.3 is 0 Å². The van der Waals surface area contributed by atoms with Gasteiger partial charge in [0.15, 0.2) is 0 Å². The summed E-state index contributed by atoms with van der Waals surface area (Å²) in [7, 11) is 4.50. The number of benzene rings is 2. The lowest BCUT2D eigenvalue weighted by atomic mass is 10.0. The molecule has 47 heavy (non-hydrogen) atoms. The number of aromatic nitrogens is 2. The minimum Gasteiger partial charge on any atom is -0.496 e. The van der Waals surface area contributed by atoms with E-state index in [1.807, 2.05) is 19.1 Å². The number of carbonyl (C=O) groups excluding carboxylic acids is 2. The normalized spacial score (nSPS) is 13.0. The SMILES string of the molecule is C=CC(=O)Nc1cc(-c2cc3c(cn2)cc(-c2c(Cl)c(OC)cc(OC)c2Cl)c(=O)n3CC)c(OC)cc1N1CCN(C(C)=O)CC1. The molecule has 13 heteroatoms. The highest BCUT2D eigenvalue weighted by molar-refractivity contribution is 6.41. The van der Waals surface area contributed by atoms with E-state index in [-0.39, 0.29) is 33.0 Å². The van der Waals surface area contributed by atoms with Crippen LogP contribution < -0.4 is 30.0 Å². The Labute approximate surface area is 282 Å². The number of halogens is 2. The van der Waals surface area contributed by atoms with Gasteiger partial charge in [0, 0.05) is 74.5 Å². The van der Waals surface area contributed by atoms with Crippen LogP contribution in [-0.4, -0.2) is 73.8 Å². The summed E-state index contributed by atoms with van der Waals surface area (Å²) in [4.78, 5) is 47.1. The number of nitrogens with one attached hydrogen (secondary N) is 1. The molecule has 0 aliphatic carbocycles. The number of piperazine rings is 1. The molecule has 246 valence electrons. The highest BCUT2D eigenvalue weighted by Crippen LogP contribution is 2.46. The fraction of sp³-hybridized carbons (Fsp3) is 0.294. The van der Waals surface area contributed by atoms with E-state index in [0.29, 0.717) is 83.4 Å². The van der Waals surface area contributed by atoms with Gasteiger partial charge in [0.2, 0.25) is 11.8 Å². The second-order valence-electron chi connectivity index (χ2n) is 10.8. The van der Waals surface area contributed by atoms with Crippen molar-refractivity contribution in [1.82, 2.24) is 14.5 Å². The molecule has 0 spiro atoms. The van der Waals surface area contributed by atoms with E-state index < -0.39 is 0 Å². The molecule has 4 aromatic rings. The number of rotatable bonds is 9. The van der Waals surface area contributed by atoms with Crippen LogP contribution in [0.1, 0.15) is 13.8 Å². The van der Waals surface area contributed by atoms with Crippen molar-refractivity contribution < 1.29 is 23.8 Å². The number of pyridine rings is 2. The predicted octanol–water partition coefficient (Wildman–Crippen LogP) is 5.88. The molecule has 1 aliphatic rings. The highest BCUT2D eigenvalue weighted by Gasteiger charge is 2.25. The lowest BCUT2D eigenvalue weighted by molar-refractivity contribution is -0.129. The van der Waals surface area contributed by atoms with Gasteiger partial charge in [-0.05, 0) is 31.2 Å². The van der Waals surface area contributed by atoms with Crippen LogP contribution in [0.4, 0.5) is 11.4 Å². The van der Waals surface area contributed by atoms with Crippen molar-refractivity contribution in [2.45, 2.75) is 20.4 Å². The van der Waals surface area contributed by atoms with Crippen molar-refractivity contribution >= 4 is 57.3 Å². The lowest BCUT2D eigenvalue weighted by Gasteiger charge is -2.36. The van der Waals surface area contributed by atoms with Crippen molar-refractivity contribution in [3.05, 3.63) is 69.6 Å². The minimum atomic E-state index is -0.380. The van der Waals surface area contributed by atoms with Crippen molar-refractivity contribution in [2.75, 3.05) is 57.7 Å². The Kier molecular flexibility index (Phi) is 9.97. The smallest absolute Gasteiger partial charge is 0.259 e. The Hall–Kier alpha value is -4.74. The van der Waals surface area contributed by atoms with Crippen LogP contribution in [0.3, 0.4) is 0 Å². The molecule has 2 aromatic carbocycles. The molecule has 1 fully saturated rings. The molecular weight excluding hydrogens is 645 g/mol. The molecule has 0 atom stereocenters. The Morgan fingerprint density at radius 2 is 1.57 bits per heavy atom. The highest BCUT2D eigenvalue weighted by atomic mass is 35.5. The molecule has 0 unspecified atom stereocenters. The van der Waals surface area contributed by atoms with Crippen LogP contribution in [0.15, 0.2) is 54.0 Å². The summed E-state index contributed by atoms with van der Waals surface area (Å²) in [5.41, 5.74) is 3.26. The fourth-order valence-corrected chi connectivity index (χ4v) is 6.48. The molecule has 1 aliphatic heterocycles. The topological polar surface area (TPSA) is 115 Å². The molecule has 2 aromatic heterocycles. The minimum absolute atomic E-state index is 0.0206. The molecule has 1 saturated heterocycles. The zero-order valence-corrected chi connectivity index (χ0v) is 28.3. The quantitative estimate of drug-likeness (QED) is 0.218. The zero-order valence-electron chi connectivity index (χ0n) is 26.8. The van der Waals surface area contributed by atoms with E-state index >= 15 is 0 Å². The number of fused-ring (bicyclic) bond motifs is 1. The summed E-state index contributed by atoms with van der Waals surface area (Å²) in [6.07, 6.45) is 2.86. The molecule has 0 saturated carbocycles. The number of hydrogen-bond acceptors (Lipinski definition) is 8. The van der Waals surface area contributed by atoms with E-state index in [4.69, 9.17) is 42.4 Å². The van der Waals surface area contributed by atoms with Crippen LogP contribution in [0.5, 0.6) is 17.2 Å². The van der Waals surface area contributed by atoms with Gasteiger partial charge in [-0.2, -0.15) is 0 Å². The van der Waals surface area contributed by atoms with E-state index in [1.165, 1.54) is 20.3 Å². The maximum Gasteiger partial charge on any atom is 0.259 e. The van der Waals surface area contributed by atoms with Crippen molar-refractivity contribution in [3.63, 3.8) is 0 Å². The van der Waals surface area contributed by atoms with E-state index in [2.05, 4.69) is 16.8 Å². The van der Waals surface area contributed by atoms with Gasteiger partial charge in [0.05, 0.1) is 59.5 Å². The van der Waals surface area contributed by atoms with E-state index in [0.717, 1.165) is 5.69 Å². The number of methoxy groups -OCH3 is 3. The standard InChI is InChI=1S/C34H35Cl2N5O6/c1-7-30(43)38-24-14-21(27(45-4)16-26(24)40-11-9-39(10-12-40)19(3)42)23-15-25-20(18-37-23)13-22(34(44)41(25)8-2)31-32(35)28(46-5)17-29(47-6)33(31)36/h7,13-18H,1,8-12H2,2-6H3,(H,38,43). The molecule has 3 heterocycles. The summed E-state index contributed by atoms with van der Waals surface area (Å²) < 4.78 is 18.3. The lowest BCUT2D eigenvalue weighted by Crippen LogP contribution is -2.48. The van der Waals surface area contributed by atoms with Crippen molar-refractivity contribution in [2.24, 2.45) is 0 Å². The van der Waals surface area contributed by atoms with Crippen molar-refractivity contribution in [1.29, 1.82) is 0 Å². The summed E-state index contributed by atoms with van der Waals surface area (Å²) >= 11 is 13.4. The maximum absolute atomic E-state index is 14.0. The number of amides is 2. The predicted molar refractivity (Wildman–Crippen MR) is 186 cm³/mol. The fourth-order valence-electron chi connectivity index (χ4n) is 5.78. The van der Waals surface area contributed by atoms with Gasteiger partial charge in [-0.15, -0.1) is 0 Å². The summed E-state index contributed by atoms with van der Waals surface area (Å²) in [6.45, 7) is 9.61. The molecule has 5 rings (SSSR count). The Morgan fingerprint density at radius 1 is 0.936 bits per heavy atom. The van der Waals surface area contributed by atoms with Crippen LogP contribution in [0.2, 0.25) is 10.0 Å². The Balaban J connectivity index is 1.66. The van der Waals surface area contributed by atoms with Crippen LogP contribution in [0.25, 0.3) is 33.3 Å². The molecular formula is C34H35Cl2N5O6. The molecule has 2 amide bonds. The van der Waals surface area contributed by atoms with E-state index in [1.54, 1.807) is 47.9 Å². The first-order valence-corrected chi connectivity index (χ1v) is 15.6. The number of hydrogen-bond donors (Lipinski definition) is 1. The van der Waals surface area contributed by atoms with Gasteiger partial charge in [-0.1, -0.05) is 29.8 Å². The summed E-state index contributed by atoms with van der Waals surface area (Å²) in [6, 6.07) is 8.72. The average Bonchev–Trinajstić information content (AvgIpc) is 3.08. The monoisotopic (exact) mass is 679 g/mol. The second-order valence-corrected chi connectivity index (χ2v) is 11.5. The first kappa shape index (κ1) is 33.6. The van der Waals surface area contributed by atoms with Crippen LogP contribution >= 0.6 is 23.2 Å². The maximum atomic E-state index is 14.0. The second kappa shape index (κ2) is 13.9. The number of nitrogens with zero attached hydrogens (tertiary/aromatic N) is 4. The molecule has 0 radical (unpaired) electrons. The van der Waals surface area contributed by atoms with Gasteiger partial charge in [0.25, 0.3) is 5.56 Å². The Morgan fingerprint density at radius 3 is 2.13 bits per heavy atom. The third-order valence-corrected chi connectivity index (χ3v) is 8.99. The summed E-state index contributed by atoms with van der Waals surface area (Å²) in [5, 5.41) is 3.95. The number of anilines is 2. The van der Waals surface area contributed by atoms with Crippen LogP contribution in [-0.2, 0) is 16.1 Å². The van der Waals surface area contributed by atoms with E-state index in [9.17, 15) is 14.4 Å². The largest absolute Gasteiger partial charge is 0.496 e. The number of ether oxygens (including phenoxy) is 3. The zero-order chi connectivity index (χ0) is 34.0. The summed E-state index contributed by atoms with van der Waals surface area (Å²) in [5.74, 6) is 0.785. The third-order valence-electron chi connectivity index (χ3n) is 8.24. The average molecular weight is 681 g/mol. The van der Waals surface area contributed by atoms with Crippen molar-refractivity contribution in [3.8, 4) is 39.6 Å². The molecule has 1 N–H and O–H groups in total. The number of carbonyl (C=O) groups is 2. The van der Waals surface area contributed by atoms with Gasteiger partial charge in [0.1, 0.15) is 17.2 Å². The Bertz CT molecular complexity index is 1920. The van der Waals surface area contributed by atoms with Gasteiger partial charge in [-0.25, -0.2) is 0 Å². The molecule has 11 nitrogen and oxygen atoms in total. The first-order valence-electron chi connectivity index (χ1n) is 14.9. The van der Waals surface area contributed by atoms with Gasteiger partial charge in [-0.3, -0.25) is 19.4 Å². The third kappa shape index (κ3) is 6.33.